The first-order valence-corrected chi connectivity index (χ1v) is 5.68. The highest BCUT2D eigenvalue weighted by molar-refractivity contribution is 5.98. The van der Waals surface area contributed by atoms with E-state index in [-0.39, 0.29) is 5.69 Å². The molecule has 0 saturated carbocycles. The molecule has 1 atom stereocenters. The molecular formula is C13H13N3O3. The number of benzene rings is 1. The zero-order valence-electron chi connectivity index (χ0n) is 10.3. The van der Waals surface area contributed by atoms with E-state index >= 15 is 0 Å². The van der Waals surface area contributed by atoms with E-state index < -0.39 is 17.9 Å². The molecule has 98 valence electrons. The normalized spacial score (nSPS) is 12.1. The summed E-state index contributed by atoms with van der Waals surface area (Å²) in [5, 5.41) is 11.9. The molecule has 0 aliphatic rings. The first-order chi connectivity index (χ1) is 8.99. The van der Waals surface area contributed by atoms with E-state index in [0.29, 0.717) is 11.2 Å². The second-order valence-corrected chi connectivity index (χ2v) is 4.15. The summed E-state index contributed by atoms with van der Waals surface area (Å²) >= 11 is 0. The second kappa shape index (κ2) is 4.93. The Morgan fingerprint density at radius 1 is 1.32 bits per heavy atom. The lowest BCUT2D eigenvalue weighted by Crippen LogP contribution is -2.38. The van der Waals surface area contributed by atoms with Crippen molar-refractivity contribution in [2.45, 2.75) is 13.0 Å². The van der Waals surface area contributed by atoms with Crippen molar-refractivity contribution in [2.24, 2.45) is 0 Å². The summed E-state index contributed by atoms with van der Waals surface area (Å²) in [6, 6.07) is 7.60. The van der Waals surface area contributed by atoms with Crippen LogP contribution in [0.3, 0.4) is 0 Å². The number of hydrogen-bond acceptors (Lipinski definition) is 4. The Morgan fingerprint density at radius 2 is 2.05 bits per heavy atom. The summed E-state index contributed by atoms with van der Waals surface area (Å²) in [4.78, 5) is 26.7. The van der Waals surface area contributed by atoms with Crippen molar-refractivity contribution in [3.63, 3.8) is 0 Å². The van der Waals surface area contributed by atoms with Gasteiger partial charge in [-0.25, -0.2) is 4.98 Å². The molecule has 0 saturated heterocycles. The van der Waals surface area contributed by atoms with Crippen LogP contribution in [0, 0.1) is 0 Å². The minimum absolute atomic E-state index is 0.138. The van der Waals surface area contributed by atoms with Gasteiger partial charge in [0, 0.05) is 5.39 Å². The summed E-state index contributed by atoms with van der Waals surface area (Å²) in [5.74, 6) is -1.64. The minimum atomic E-state index is -1.10. The second-order valence-electron chi connectivity index (χ2n) is 4.15. The van der Waals surface area contributed by atoms with Gasteiger partial charge in [-0.05, 0) is 19.1 Å². The highest BCUT2D eigenvalue weighted by Crippen LogP contribution is 2.18. The van der Waals surface area contributed by atoms with Crippen LogP contribution in [0.5, 0.6) is 0 Å². The summed E-state index contributed by atoms with van der Waals surface area (Å²) in [7, 11) is 0. The Bertz CT molecular complexity index is 655. The van der Waals surface area contributed by atoms with Crippen molar-refractivity contribution in [1.82, 2.24) is 10.3 Å². The van der Waals surface area contributed by atoms with Gasteiger partial charge < -0.3 is 16.2 Å². The zero-order valence-corrected chi connectivity index (χ0v) is 10.3. The molecule has 1 amide bonds. The van der Waals surface area contributed by atoms with Gasteiger partial charge >= 0.3 is 5.97 Å². The average molecular weight is 259 g/mol. The predicted octanol–water partition coefficient (Wildman–Crippen LogP) is 1.02. The third kappa shape index (κ3) is 2.62. The maximum absolute atomic E-state index is 11.8. The number of nitrogens with zero attached hydrogens (tertiary/aromatic N) is 1. The van der Waals surface area contributed by atoms with Crippen LogP contribution < -0.4 is 11.1 Å². The SMILES string of the molecule is CC(NC(=O)c1ccc2cccc(N)c2n1)C(=O)O. The number of nitrogens with one attached hydrogen (secondary N) is 1. The molecule has 6 heteroatoms. The van der Waals surface area contributed by atoms with E-state index in [4.69, 9.17) is 10.8 Å². The van der Waals surface area contributed by atoms with Crippen molar-refractivity contribution >= 4 is 28.5 Å². The third-order valence-electron chi connectivity index (χ3n) is 2.70. The molecule has 0 bridgehead atoms. The highest BCUT2D eigenvalue weighted by Gasteiger charge is 2.16. The quantitative estimate of drug-likeness (QED) is 0.714. The Morgan fingerprint density at radius 3 is 2.74 bits per heavy atom. The number of pyridine rings is 1. The van der Waals surface area contributed by atoms with Gasteiger partial charge in [-0.3, -0.25) is 9.59 Å². The molecule has 1 aromatic heterocycles. The number of nitrogen functional groups attached to an aromatic ring is 1. The number of carboxylic acids is 1. The van der Waals surface area contributed by atoms with Crippen LogP contribution in [-0.2, 0) is 4.79 Å². The molecule has 0 fully saturated rings. The van der Waals surface area contributed by atoms with Gasteiger partial charge in [-0.1, -0.05) is 18.2 Å². The molecule has 4 N–H and O–H groups in total. The third-order valence-corrected chi connectivity index (χ3v) is 2.70. The Hall–Kier alpha value is -2.63. The van der Waals surface area contributed by atoms with Crippen molar-refractivity contribution in [1.29, 1.82) is 0 Å². The Kier molecular flexibility index (Phi) is 3.33. The number of aliphatic carboxylic acids is 1. The zero-order chi connectivity index (χ0) is 14.0. The fraction of sp³-hybridized carbons (Fsp3) is 0.154. The van der Waals surface area contributed by atoms with Crippen LogP contribution in [0.15, 0.2) is 30.3 Å². The highest BCUT2D eigenvalue weighted by atomic mass is 16.4. The van der Waals surface area contributed by atoms with Crippen LogP contribution in [0.2, 0.25) is 0 Å². The lowest BCUT2D eigenvalue weighted by molar-refractivity contribution is -0.138. The van der Waals surface area contributed by atoms with E-state index in [1.165, 1.54) is 13.0 Å². The van der Waals surface area contributed by atoms with Gasteiger partial charge in [0.05, 0.1) is 11.2 Å². The maximum atomic E-state index is 11.8. The summed E-state index contributed by atoms with van der Waals surface area (Å²) in [6.45, 7) is 1.38. The van der Waals surface area contributed by atoms with Crippen molar-refractivity contribution < 1.29 is 14.7 Å². The maximum Gasteiger partial charge on any atom is 0.325 e. The van der Waals surface area contributed by atoms with Crippen LogP contribution in [0.4, 0.5) is 5.69 Å². The number of nitrogens with two attached hydrogens (primary N) is 1. The largest absolute Gasteiger partial charge is 0.480 e. The minimum Gasteiger partial charge on any atom is -0.480 e. The van der Waals surface area contributed by atoms with Gasteiger partial charge in [-0.15, -0.1) is 0 Å². The first kappa shape index (κ1) is 12.8. The molecule has 1 aromatic carbocycles. The summed E-state index contributed by atoms with van der Waals surface area (Å²) in [6.07, 6.45) is 0. The van der Waals surface area contributed by atoms with E-state index in [0.717, 1.165) is 5.39 Å². The summed E-state index contributed by atoms with van der Waals surface area (Å²) < 4.78 is 0. The number of rotatable bonds is 3. The van der Waals surface area contributed by atoms with Crippen LogP contribution in [-0.4, -0.2) is 28.0 Å². The van der Waals surface area contributed by atoms with Gasteiger partial charge in [-0.2, -0.15) is 0 Å². The van der Waals surface area contributed by atoms with Crippen molar-refractivity contribution in [3.05, 3.63) is 36.0 Å². The molecule has 1 unspecified atom stereocenters. The topological polar surface area (TPSA) is 105 Å². The van der Waals surface area contributed by atoms with E-state index in [1.807, 2.05) is 6.07 Å². The summed E-state index contributed by atoms with van der Waals surface area (Å²) in [5.41, 5.74) is 6.92. The number of carbonyl (C=O) groups is 2. The lowest BCUT2D eigenvalue weighted by atomic mass is 10.1. The Balaban J connectivity index is 2.33. The van der Waals surface area contributed by atoms with Crippen LogP contribution >= 0.6 is 0 Å². The number of para-hydroxylation sites is 1. The predicted molar refractivity (Wildman–Crippen MR) is 70.7 cm³/mol. The fourth-order valence-electron chi connectivity index (χ4n) is 1.63. The smallest absolute Gasteiger partial charge is 0.325 e. The monoisotopic (exact) mass is 259 g/mol. The molecule has 6 nitrogen and oxygen atoms in total. The van der Waals surface area contributed by atoms with Gasteiger partial charge in [0.1, 0.15) is 11.7 Å². The number of carboxylic acid groups (broad SMARTS) is 1. The van der Waals surface area contributed by atoms with Crippen LogP contribution in [0.1, 0.15) is 17.4 Å². The molecule has 0 aliphatic carbocycles. The molecule has 2 rings (SSSR count). The number of anilines is 1. The van der Waals surface area contributed by atoms with E-state index in [2.05, 4.69) is 10.3 Å². The van der Waals surface area contributed by atoms with Gasteiger partial charge in [0.25, 0.3) is 5.91 Å². The van der Waals surface area contributed by atoms with Gasteiger partial charge in [0.2, 0.25) is 0 Å². The van der Waals surface area contributed by atoms with Crippen molar-refractivity contribution in [2.75, 3.05) is 5.73 Å². The number of fused-ring (bicyclic) bond motifs is 1. The number of hydrogen-bond donors (Lipinski definition) is 3. The van der Waals surface area contributed by atoms with E-state index in [1.54, 1.807) is 18.2 Å². The molecule has 19 heavy (non-hydrogen) atoms. The molecular weight excluding hydrogens is 246 g/mol. The average Bonchev–Trinajstić information content (AvgIpc) is 2.38. The Labute approximate surface area is 109 Å². The van der Waals surface area contributed by atoms with Crippen molar-refractivity contribution in [3.8, 4) is 0 Å². The standard InChI is InChI=1S/C13H13N3O3/c1-7(13(18)19)15-12(17)10-6-5-8-3-2-4-9(14)11(8)16-10/h2-7H,14H2,1H3,(H,15,17)(H,18,19). The molecule has 1 heterocycles. The fourth-order valence-corrected chi connectivity index (χ4v) is 1.63. The molecule has 2 aromatic rings. The molecule has 0 radical (unpaired) electrons. The number of aromatic nitrogens is 1. The van der Waals surface area contributed by atoms with Crippen LogP contribution in [0.25, 0.3) is 10.9 Å². The molecule has 0 spiro atoms. The molecule has 0 aliphatic heterocycles. The van der Waals surface area contributed by atoms with E-state index in [9.17, 15) is 9.59 Å². The lowest BCUT2D eigenvalue weighted by Gasteiger charge is -2.09. The number of carbonyl (C=O) groups excluding carboxylic acids is 1. The number of amides is 1. The van der Waals surface area contributed by atoms with Gasteiger partial charge in [0.15, 0.2) is 0 Å². The first-order valence-electron chi connectivity index (χ1n) is 5.68.